The molecule has 0 radical (unpaired) electrons. The van der Waals surface area contributed by atoms with Gasteiger partial charge in [-0.15, -0.1) is 5.10 Å². The van der Waals surface area contributed by atoms with Crippen LogP contribution >= 0.6 is 0 Å². The smallest absolute Gasteiger partial charge is 0.244 e. The summed E-state index contributed by atoms with van der Waals surface area (Å²) < 4.78 is 12.9. The first kappa shape index (κ1) is 15.9. The van der Waals surface area contributed by atoms with Gasteiger partial charge >= 0.3 is 0 Å². The molecule has 0 bridgehead atoms. The predicted molar refractivity (Wildman–Crippen MR) is 92.8 cm³/mol. The van der Waals surface area contributed by atoms with Crippen molar-refractivity contribution in [2.45, 2.75) is 12.8 Å². The standard InChI is InChI=1S/C18H18FN5/c19-15-8-10-16(11-9-15)22-17-13-21-24-18(23-17)20-12-4-7-14-5-2-1-3-6-14/h1-3,5-6,8-11,13H,4,7,12H2,(H2,20,22,23,24). The number of hydrogen-bond donors (Lipinski definition) is 2. The van der Waals surface area contributed by atoms with Crippen molar-refractivity contribution in [3.8, 4) is 0 Å². The first-order chi connectivity index (χ1) is 11.8. The highest BCUT2D eigenvalue weighted by Crippen LogP contribution is 2.14. The van der Waals surface area contributed by atoms with Crippen LogP contribution in [0.2, 0.25) is 0 Å². The fourth-order valence-corrected chi connectivity index (χ4v) is 2.26. The third-order valence-electron chi connectivity index (χ3n) is 3.44. The van der Waals surface area contributed by atoms with Crippen LogP contribution in [0, 0.1) is 5.82 Å². The van der Waals surface area contributed by atoms with E-state index in [1.807, 2.05) is 18.2 Å². The summed E-state index contributed by atoms with van der Waals surface area (Å²) in [5, 5.41) is 14.1. The van der Waals surface area contributed by atoms with Crippen molar-refractivity contribution in [3.63, 3.8) is 0 Å². The lowest BCUT2D eigenvalue weighted by Crippen LogP contribution is -2.08. The molecule has 1 aromatic heterocycles. The Morgan fingerprint density at radius 2 is 1.75 bits per heavy atom. The molecular formula is C18H18FN5. The number of benzene rings is 2. The zero-order valence-electron chi connectivity index (χ0n) is 13.1. The van der Waals surface area contributed by atoms with Gasteiger partial charge in [0.05, 0.1) is 6.20 Å². The molecule has 6 heteroatoms. The third-order valence-corrected chi connectivity index (χ3v) is 3.44. The molecule has 3 rings (SSSR count). The summed E-state index contributed by atoms with van der Waals surface area (Å²) in [6.07, 6.45) is 3.50. The summed E-state index contributed by atoms with van der Waals surface area (Å²) in [6, 6.07) is 16.4. The second-order valence-corrected chi connectivity index (χ2v) is 5.31. The van der Waals surface area contributed by atoms with Gasteiger partial charge in [0.25, 0.3) is 0 Å². The molecule has 2 aromatic carbocycles. The number of hydrogen-bond acceptors (Lipinski definition) is 5. The first-order valence-corrected chi connectivity index (χ1v) is 7.80. The van der Waals surface area contributed by atoms with E-state index in [2.05, 4.69) is 37.9 Å². The topological polar surface area (TPSA) is 62.7 Å². The van der Waals surface area contributed by atoms with E-state index in [0.29, 0.717) is 11.8 Å². The molecule has 2 N–H and O–H groups in total. The largest absolute Gasteiger partial charge is 0.353 e. The highest BCUT2D eigenvalue weighted by Gasteiger charge is 2.01. The molecule has 0 aliphatic rings. The van der Waals surface area contributed by atoms with E-state index >= 15 is 0 Å². The van der Waals surface area contributed by atoms with Gasteiger partial charge in [-0.3, -0.25) is 0 Å². The fourth-order valence-electron chi connectivity index (χ4n) is 2.26. The van der Waals surface area contributed by atoms with E-state index in [9.17, 15) is 4.39 Å². The van der Waals surface area contributed by atoms with E-state index < -0.39 is 0 Å². The molecule has 0 atom stereocenters. The minimum absolute atomic E-state index is 0.276. The van der Waals surface area contributed by atoms with Crippen LogP contribution in [0.4, 0.5) is 21.8 Å². The SMILES string of the molecule is Fc1ccc(Nc2cnnc(NCCCc3ccccc3)n2)cc1. The Kier molecular flexibility index (Phi) is 5.29. The van der Waals surface area contributed by atoms with Gasteiger partial charge in [-0.1, -0.05) is 30.3 Å². The molecular weight excluding hydrogens is 305 g/mol. The Morgan fingerprint density at radius 1 is 0.958 bits per heavy atom. The molecule has 0 saturated heterocycles. The molecule has 3 aromatic rings. The Morgan fingerprint density at radius 3 is 2.54 bits per heavy atom. The van der Waals surface area contributed by atoms with Crippen molar-refractivity contribution in [3.05, 3.63) is 72.2 Å². The van der Waals surface area contributed by atoms with Gasteiger partial charge in [0.1, 0.15) is 5.82 Å². The number of halogens is 1. The Balaban J connectivity index is 1.50. The Hall–Kier alpha value is -3.02. The third kappa shape index (κ3) is 4.74. The normalized spacial score (nSPS) is 10.4. The Labute approximate surface area is 140 Å². The first-order valence-electron chi connectivity index (χ1n) is 7.80. The van der Waals surface area contributed by atoms with Crippen LogP contribution in [-0.2, 0) is 6.42 Å². The summed E-state index contributed by atoms with van der Waals surface area (Å²) in [4.78, 5) is 4.35. The van der Waals surface area contributed by atoms with Gasteiger partial charge in [-0.2, -0.15) is 10.1 Å². The maximum absolute atomic E-state index is 12.9. The summed E-state index contributed by atoms with van der Waals surface area (Å²) in [6.45, 7) is 0.760. The zero-order valence-corrected chi connectivity index (χ0v) is 13.1. The fraction of sp³-hybridized carbons (Fsp3) is 0.167. The average Bonchev–Trinajstić information content (AvgIpc) is 2.62. The minimum Gasteiger partial charge on any atom is -0.353 e. The maximum atomic E-state index is 12.9. The predicted octanol–water partition coefficient (Wildman–Crippen LogP) is 3.80. The van der Waals surface area contributed by atoms with E-state index in [0.717, 1.165) is 25.1 Å². The van der Waals surface area contributed by atoms with Crippen LogP contribution in [0.5, 0.6) is 0 Å². The van der Waals surface area contributed by atoms with Gasteiger partial charge < -0.3 is 10.6 Å². The van der Waals surface area contributed by atoms with Gasteiger partial charge in [0, 0.05) is 12.2 Å². The highest BCUT2D eigenvalue weighted by atomic mass is 19.1. The second-order valence-electron chi connectivity index (χ2n) is 5.31. The van der Waals surface area contributed by atoms with Crippen LogP contribution in [0.25, 0.3) is 0 Å². The van der Waals surface area contributed by atoms with Crippen LogP contribution in [0.1, 0.15) is 12.0 Å². The van der Waals surface area contributed by atoms with Crippen molar-refractivity contribution < 1.29 is 4.39 Å². The molecule has 24 heavy (non-hydrogen) atoms. The van der Waals surface area contributed by atoms with Crippen LogP contribution in [0.3, 0.4) is 0 Å². The molecule has 122 valence electrons. The molecule has 0 aliphatic carbocycles. The van der Waals surface area contributed by atoms with Gasteiger partial charge in [-0.05, 0) is 42.7 Å². The lowest BCUT2D eigenvalue weighted by molar-refractivity contribution is 0.628. The molecule has 0 aliphatic heterocycles. The number of nitrogens with zero attached hydrogens (tertiary/aromatic N) is 3. The van der Waals surface area contributed by atoms with E-state index in [-0.39, 0.29) is 5.82 Å². The monoisotopic (exact) mass is 323 g/mol. The van der Waals surface area contributed by atoms with E-state index in [4.69, 9.17) is 0 Å². The van der Waals surface area contributed by atoms with Crippen molar-refractivity contribution in [2.75, 3.05) is 17.2 Å². The molecule has 1 heterocycles. The lowest BCUT2D eigenvalue weighted by Gasteiger charge is -2.07. The maximum Gasteiger partial charge on any atom is 0.244 e. The van der Waals surface area contributed by atoms with Crippen molar-refractivity contribution in [2.24, 2.45) is 0 Å². The van der Waals surface area contributed by atoms with Crippen molar-refractivity contribution >= 4 is 17.5 Å². The van der Waals surface area contributed by atoms with Crippen LogP contribution in [-0.4, -0.2) is 21.7 Å². The van der Waals surface area contributed by atoms with Gasteiger partial charge in [-0.25, -0.2) is 4.39 Å². The van der Waals surface area contributed by atoms with E-state index in [1.165, 1.54) is 23.9 Å². The second kappa shape index (κ2) is 8.01. The molecule has 0 saturated carbocycles. The van der Waals surface area contributed by atoms with Crippen molar-refractivity contribution in [1.82, 2.24) is 15.2 Å². The van der Waals surface area contributed by atoms with Gasteiger partial charge in [0.15, 0.2) is 5.82 Å². The summed E-state index contributed by atoms with van der Waals surface area (Å²) in [7, 11) is 0. The number of rotatable bonds is 7. The molecule has 0 spiro atoms. The van der Waals surface area contributed by atoms with Crippen molar-refractivity contribution in [1.29, 1.82) is 0 Å². The highest BCUT2D eigenvalue weighted by molar-refractivity contribution is 5.55. The summed E-state index contributed by atoms with van der Waals surface area (Å²) >= 11 is 0. The van der Waals surface area contributed by atoms with Crippen LogP contribution < -0.4 is 10.6 Å². The zero-order chi connectivity index (χ0) is 16.6. The number of anilines is 3. The number of aryl methyl sites for hydroxylation is 1. The number of aromatic nitrogens is 3. The average molecular weight is 323 g/mol. The quantitative estimate of drug-likeness (QED) is 0.648. The lowest BCUT2D eigenvalue weighted by atomic mass is 10.1. The Bertz CT molecular complexity index is 762. The van der Waals surface area contributed by atoms with E-state index in [1.54, 1.807) is 12.1 Å². The minimum atomic E-state index is -0.276. The summed E-state index contributed by atoms with van der Waals surface area (Å²) in [5.41, 5.74) is 2.05. The van der Waals surface area contributed by atoms with Gasteiger partial charge in [0.2, 0.25) is 5.95 Å². The number of nitrogens with one attached hydrogen (secondary N) is 2. The molecule has 5 nitrogen and oxygen atoms in total. The molecule has 0 unspecified atom stereocenters. The molecule has 0 fully saturated rings. The van der Waals surface area contributed by atoms with Crippen LogP contribution in [0.15, 0.2) is 60.8 Å². The molecule has 0 amide bonds. The summed E-state index contributed by atoms with van der Waals surface area (Å²) in [5.74, 6) is 0.750.